The summed E-state index contributed by atoms with van der Waals surface area (Å²) in [6, 6.07) is 6.99. The Bertz CT molecular complexity index is 1600. The molecule has 240 valence electrons. The van der Waals surface area contributed by atoms with Crippen LogP contribution in [0.25, 0.3) is 16.9 Å². The first-order valence-corrected chi connectivity index (χ1v) is 16.1. The van der Waals surface area contributed by atoms with Gasteiger partial charge in [0.15, 0.2) is 11.9 Å². The molecule has 2 aliphatic rings. The first-order valence-electron chi connectivity index (χ1n) is 14.9. The molecule has 2 fully saturated rings. The highest BCUT2D eigenvalue weighted by Crippen LogP contribution is 2.38. The number of likely N-dealkylation sites (tertiary alicyclic amines) is 1. The molecule has 0 radical (unpaired) electrons. The summed E-state index contributed by atoms with van der Waals surface area (Å²) in [6.07, 6.45) is 9.79. The van der Waals surface area contributed by atoms with Gasteiger partial charge in [0.25, 0.3) is 0 Å². The molecule has 0 aliphatic carbocycles. The Balaban J connectivity index is 1.25. The van der Waals surface area contributed by atoms with Crippen LogP contribution in [0.2, 0.25) is 0 Å². The van der Waals surface area contributed by atoms with Crippen LogP contribution in [0.15, 0.2) is 53.9 Å². The second-order valence-corrected chi connectivity index (χ2v) is 11.9. The lowest BCUT2D eigenvalue weighted by Gasteiger charge is -2.38. The number of piperidine rings is 1. The van der Waals surface area contributed by atoms with E-state index in [1.165, 1.54) is 33.2 Å². The van der Waals surface area contributed by atoms with Gasteiger partial charge >= 0.3 is 6.61 Å². The van der Waals surface area contributed by atoms with Crippen molar-refractivity contribution in [2.24, 2.45) is 0 Å². The molecule has 1 aromatic carbocycles. The van der Waals surface area contributed by atoms with Gasteiger partial charge in [-0.05, 0) is 49.8 Å². The van der Waals surface area contributed by atoms with Gasteiger partial charge in [0.2, 0.25) is 5.91 Å². The third-order valence-electron chi connectivity index (χ3n) is 8.20. The van der Waals surface area contributed by atoms with Crippen LogP contribution in [0, 0.1) is 0 Å². The van der Waals surface area contributed by atoms with Crippen molar-refractivity contribution in [3.05, 3.63) is 54.6 Å². The van der Waals surface area contributed by atoms with Crippen molar-refractivity contribution in [2.45, 2.75) is 49.6 Å². The van der Waals surface area contributed by atoms with Gasteiger partial charge in [-0.15, -0.1) is 11.8 Å². The van der Waals surface area contributed by atoms with E-state index in [9.17, 15) is 18.7 Å². The zero-order valence-corrected chi connectivity index (χ0v) is 25.7. The van der Waals surface area contributed by atoms with Crippen LogP contribution in [0.3, 0.4) is 0 Å². The Morgan fingerprint density at radius 2 is 2.07 bits per heavy atom. The zero-order valence-electron chi connectivity index (χ0n) is 24.9. The Labute approximate surface area is 263 Å². The van der Waals surface area contributed by atoms with Gasteiger partial charge in [-0.25, -0.2) is 9.50 Å². The number of fused-ring (bicyclic) bond motifs is 1. The average molecular weight is 643 g/mol. The number of carbonyl (C=O) groups excluding carboxylic acids is 1. The minimum absolute atomic E-state index is 0.0570. The fraction of sp³-hybridized carbons (Fsp3) is 0.467. The molecule has 6 rings (SSSR count). The van der Waals surface area contributed by atoms with E-state index in [-0.39, 0.29) is 23.9 Å². The Hall–Kier alpha value is -3.79. The number of alkyl halides is 2. The molecule has 1 amide bonds. The van der Waals surface area contributed by atoms with Crippen LogP contribution in [-0.2, 0) is 16.1 Å². The van der Waals surface area contributed by atoms with Crippen molar-refractivity contribution >= 4 is 29.0 Å². The van der Waals surface area contributed by atoms with Crippen molar-refractivity contribution < 1.29 is 28.2 Å². The highest BCUT2D eigenvalue weighted by Gasteiger charge is 2.28. The first kappa shape index (κ1) is 31.2. The third kappa shape index (κ3) is 7.21. The molecule has 2 aliphatic heterocycles. The molecule has 3 aromatic heterocycles. The van der Waals surface area contributed by atoms with Crippen molar-refractivity contribution in [3.8, 4) is 17.0 Å². The fourth-order valence-electron chi connectivity index (χ4n) is 5.94. The average Bonchev–Trinajstić information content (AvgIpc) is 3.54. The molecule has 15 heteroatoms. The number of nitrogens with zero attached hydrogens (tertiary/aromatic N) is 7. The van der Waals surface area contributed by atoms with Gasteiger partial charge in [0, 0.05) is 67.9 Å². The van der Waals surface area contributed by atoms with E-state index in [2.05, 4.69) is 25.4 Å². The number of hydrogen-bond acceptors (Lipinski definition) is 10. The zero-order chi connectivity index (χ0) is 31.3. The monoisotopic (exact) mass is 642 g/mol. The van der Waals surface area contributed by atoms with E-state index in [1.807, 2.05) is 11.2 Å². The van der Waals surface area contributed by atoms with E-state index in [1.54, 1.807) is 36.8 Å². The molecule has 45 heavy (non-hydrogen) atoms. The summed E-state index contributed by atoms with van der Waals surface area (Å²) in [6.45, 7) is 1.63. The molecule has 4 aromatic rings. The molecule has 0 bridgehead atoms. The predicted octanol–water partition coefficient (Wildman–Crippen LogP) is 3.73. The van der Waals surface area contributed by atoms with Crippen LogP contribution in [0.4, 0.5) is 14.5 Å². The summed E-state index contributed by atoms with van der Waals surface area (Å²) in [5, 5.41) is 23.1. The summed E-state index contributed by atoms with van der Waals surface area (Å²) in [4.78, 5) is 22.9. The lowest BCUT2D eigenvalue weighted by atomic mass is 10.0. The van der Waals surface area contributed by atoms with E-state index in [0.29, 0.717) is 41.6 Å². The maximum atomic E-state index is 13.4. The summed E-state index contributed by atoms with van der Waals surface area (Å²) in [7, 11) is 0. The number of aliphatic hydroxyl groups excluding tert-OH is 1. The summed E-state index contributed by atoms with van der Waals surface area (Å²) in [5.41, 5.74) is 1.73. The van der Waals surface area contributed by atoms with Crippen molar-refractivity contribution in [1.82, 2.24) is 34.2 Å². The van der Waals surface area contributed by atoms with Gasteiger partial charge in [-0.2, -0.15) is 19.0 Å². The molecule has 0 spiro atoms. The van der Waals surface area contributed by atoms with Crippen molar-refractivity contribution in [2.75, 3.05) is 51.0 Å². The Morgan fingerprint density at radius 1 is 1.22 bits per heavy atom. The second-order valence-electron chi connectivity index (χ2n) is 11.0. The quantitative estimate of drug-likeness (QED) is 0.196. The maximum Gasteiger partial charge on any atom is 0.387 e. The highest BCUT2D eigenvalue weighted by atomic mass is 32.2. The predicted molar refractivity (Wildman–Crippen MR) is 164 cm³/mol. The van der Waals surface area contributed by atoms with Crippen LogP contribution < -0.4 is 10.1 Å². The van der Waals surface area contributed by atoms with E-state index < -0.39 is 12.8 Å². The van der Waals surface area contributed by atoms with Crippen LogP contribution >= 0.6 is 11.8 Å². The first-order chi connectivity index (χ1) is 21.9. The number of nitrogens with one attached hydrogen (secondary N) is 1. The minimum atomic E-state index is -3.05. The van der Waals surface area contributed by atoms with Crippen LogP contribution in [0.5, 0.6) is 5.75 Å². The van der Waals surface area contributed by atoms with Gasteiger partial charge < -0.3 is 24.8 Å². The SMILES string of the molecule is CSc1ccc(OC(F)F)c(-c2nn(CC(=O)N3CCC(N4CCCOCC4)CC3)cc2NC(O)c2cnn3cccnc23)c1. The minimum Gasteiger partial charge on any atom is -0.434 e. The molecule has 0 saturated carbocycles. The number of benzene rings is 1. The normalized spacial score (nSPS) is 17.5. The number of aromatic nitrogens is 5. The van der Waals surface area contributed by atoms with Crippen LogP contribution in [0.1, 0.15) is 31.1 Å². The smallest absolute Gasteiger partial charge is 0.387 e. The van der Waals surface area contributed by atoms with Gasteiger partial charge in [0.05, 0.1) is 24.1 Å². The van der Waals surface area contributed by atoms with Crippen molar-refractivity contribution in [1.29, 1.82) is 0 Å². The molecule has 2 N–H and O–H groups in total. The number of aliphatic hydroxyl groups is 1. The maximum absolute atomic E-state index is 13.4. The number of hydrogen-bond donors (Lipinski definition) is 2. The lowest BCUT2D eigenvalue weighted by molar-refractivity contribution is -0.133. The summed E-state index contributed by atoms with van der Waals surface area (Å²) < 4.78 is 40.3. The number of amides is 1. The number of rotatable bonds is 10. The summed E-state index contributed by atoms with van der Waals surface area (Å²) in [5.74, 6) is -0.168. The third-order valence-corrected chi connectivity index (χ3v) is 8.93. The molecular formula is C30H36F2N8O4S. The lowest BCUT2D eigenvalue weighted by Crippen LogP contribution is -2.48. The number of thioether (sulfide) groups is 1. The fourth-order valence-corrected chi connectivity index (χ4v) is 6.38. The van der Waals surface area contributed by atoms with Crippen molar-refractivity contribution in [3.63, 3.8) is 0 Å². The largest absolute Gasteiger partial charge is 0.434 e. The number of carbonyl (C=O) groups is 1. The number of halogens is 2. The second kappa shape index (κ2) is 14.1. The van der Waals surface area contributed by atoms with Gasteiger partial charge in [-0.1, -0.05) is 0 Å². The number of ether oxygens (including phenoxy) is 2. The molecule has 1 unspecified atom stereocenters. The molecule has 5 heterocycles. The van der Waals surface area contributed by atoms with Gasteiger partial charge in [0.1, 0.15) is 18.0 Å². The molecule has 1 atom stereocenters. The molecular weight excluding hydrogens is 606 g/mol. The van der Waals surface area contributed by atoms with E-state index in [0.717, 1.165) is 50.5 Å². The highest BCUT2D eigenvalue weighted by molar-refractivity contribution is 7.98. The topological polar surface area (TPSA) is 122 Å². The van der Waals surface area contributed by atoms with E-state index in [4.69, 9.17) is 9.47 Å². The molecule has 2 saturated heterocycles. The van der Waals surface area contributed by atoms with Gasteiger partial charge in [-0.3, -0.25) is 14.4 Å². The molecule has 12 nitrogen and oxygen atoms in total. The standard InChI is InChI=1S/C30H36F2N8O4S/c1-45-21-4-5-25(44-30(31)32)22(16-21)27-24(35-29(42)23-17-34-40-10-2-8-33-28(23)40)18-39(36-27)19-26(41)38-11-6-20(7-12-38)37-9-3-14-43-15-13-37/h2,4-5,8,10,16-18,20,29-30,35,42H,3,6-7,9,11-15,19H2,1H3. The number of anilines is 1. The summed E-state index contributed by atoms with van der Waals surface area (Å²) >= 11 is 1.43. The Kier molecular flexibility index (Phi) is 9.78. The van der Waals surface area contributed by atoms with E-state index >= 15 is 0 Å². The van der Waals surface area contributed by atoms with Crippen LogP contribution in [-0.4, -0.2) is 103 Å². The Morgan fingerprint density at radius 3 is 2.87 bits per heavy atom.